The van der Waals surface area contributed by atoms with Gasteiger partial charge in [0.1, 0.15) is 17.1 Å². The van der Waals surface area contributed by atoms with Gasteiger partial charge in [-0.1, -0.05) is 11.6 Å². The first kappa shape index (κ1) is 21.8. The summed E-state index contributed by atoms with van der Waals surface area (Å²) in [4.78, 5) is 36.4. The van der Waals surface area contributed by atoms with Gasteiger partial charge in [0.15, 0.2) is 18.7 Å². The summed E-state index contributed by atoms with van der Waals surface area (Å²) in [6.45, 7) is 0.0815. The Labute approximate surface area is 186 Å². The van der Waals surface area contributed by atoms with E-state index >= 15 is 0 Å². The molecule has 168 valence electrons. The number of nitrogens with one attached hydrogen (secondary N) is 1. The maximum atomic E-state index is 12.9. The molecule has 0 fully saturated rings. The molecule has 12 heteroatoms. The number of rotatable bonds is 7. The molecular formula is C20H18ClF2N5O4. The summed E-state index contributed by atoms with van der Waals surface area (Å²) in [6.07, 6.45) is 2.79. The fourth-order valence-corrected chi connectivity index (χ4v) is 3.88. The van der Waals surface area contributed by atoms with Crippen LogP contribution in [0.2, 0.25) is 0 Å². The Morgan fingerprint density at radius 1 is 1.38 bits per heavy atom. The molecule has 0 spiro atoms. The molecule has 4 heterocycles. The highest BCUT2D eigenvalue weighted by atomic mass is 35.5. The minimum Gasteiger partial charge on any atom is -0.472 e. The molecule has 9 nitrogen and oxygen atoms in total. The van der Waals surface area contributed by atoms with Gasteiger partial charge in [0, 0.05) is 37.5 Å². The van der Waals surface area contributed by atoms with Crippen molar-refractivity contribution in [2.75, 3.05) is 32.1 Å². The van der Waals surface area contributed by atoms with Crippen LogP contribution in [0.5, 0.6) is 0 Å². The van der Waals surface area contributed by atoms with Crippen molar-refractivity contribution in [2.24, 2.45) is 0 Å². The molecule has 0 bridgehead atoms. The highest BCUT2D eigenvalue weighted by molar-refractivity contribution is 6.31. The van der Waals surface area contributed by atoms with E-state index in [0.717, 1.165) is 12.0 Å². The second-order valence-electron chi connectivity index (χ2n) is 7.19. The van der Waals surface area contributed by atoms with E-state index < -0.39 is 18.9 Å². The first-order chi connectivity index (χ1) is 15.3. The van der Waals surface area contributed by atoms with Crippen molar-refractivity contribution in [2.45, 2.75) is 13.0 Å². The summed E-state index contributed by atoms with van der Waals surface area (Å²) in [5, 5.41) is 2.83. The van der Waals surface area contributed by atoms with Crippen molar-refractivity contribution >= 4 is 29.2 Å². The van der Waals surface area contributed by atoms with Crippen molar-refractivity contribution in [1.82, 2.24) is 19.8 Å². The third-order valence-electron chi connectivity index (χ3n) is 4.88. The second-order valence-corrected chi connectivity index (χ2v) is 7.60. The lowest BCUT2D eigenvalue weighted by atomic mass is 10.1. The number of hydrogen-bond acceptors (Lipinski definition) is 7. The van der Waals surface area contributed by atoms with Gasteiger partial charge in [0.2, 0.25) is 5.88 Å². The molecule has 2 amide bonds. The Balaban J connectivity index is 1.48. The smallest absolute Gasteiger partial charge is 0.278 e. The largest absolute Gasteiger partial charge is 0.472 e. The van der Waals surface area contributed by atoms with E-state index in [4.69, 9.17) is 20.8 Å². The summed E-state index contributed by atoms with van der Waals surface area (Å²) in [5.74, 6) is -0.298. The molecule has 0 aromatic carbocycles. The molecule has 2 aromatic heterocycles. The Morgan fingerprint density at radius 3 is 2.88 bits per heavy atom. The van der Waals surface area contributed by atoms with E-state index in [1.807, 2.05) is 0 Å². The van der Waals surface area contributed by atoms with Gasteiger partial charge in [-0.25, -0.2) is 18.7 Å². The number of pyridine rings is 1. The van der Waals surface area contributed by atoms with Crippen LogP contribution in [0.1, 0.15) is 26.4 Å². The molecule has 0 saturated carbocycles. The zero-order valence-corrected chi connectivity index (χ0v) is 17.6. The number of likely N-dealkylation sites (N-methyl/N-ethyl adjacent to an activating group) is 1. The van der Waals surface area contributed by atoms with Crippen LogP contribution in [0.3, 0.4) is 0 Å². The quantitative estimate of drug-likeness (QED) is 0.671. The van der Waals surface area contributed by atoms with Gasteiger partial charge in [-0.3, -0.25) is 9.59 Å². The zero-order chi connectivity index (χ0) is 22.8. The van der Waals surface area contributed by atoms with Crippen LogP contribution in [-0.4, -0.2) is 64.8 Å². The van der Waals surface area contributed by atoms with E-state index in [1.165, 1.54) is 12.5 Å². The normalized spacial score (nSPS) is 15.9. The van der Waals surface area contributed by atoms with E-state index in [0.29, 0.717) is 17.7 Å². The van der Waals surface area contributed by atoms with Crippen LogP contribution in [0.25, 0.3) is 0 Å². The number of alkyl halides is 2. The number of aromatic nitrogens is 2. The fraction of sp³-hybridized carbons (Fsp3) is 0.300. The number of halogens is 3. The number of anilines is 1. The predicted molar refractivity (Wildman–Crippen MR) is 109 cm³/mol. The van der Waals surface area contributed by atoms with Gasteiger partial charge in [-0.05, 0) is 17.7 Å². The lowest BCUT2D eigenvalue weighted by Crippen LogP contribution is -2.33. The molecule has 4 rings (SSSR count). The zero-order valence-electron chi connectivity index (χ0n) is 16.8. The Morgan fingerprint density at radius 2 is 2.19 bits per heavy atom. The molecule has 0 aliphatic carbocycles. The van der Waals surface area contributed by atoms with E-state index in [1.54, 1.807) is 29.0 Å². The molecule has 0 radical (unpaired) electrons. The summed E-state index contributed by atoms with van der Waals surface area (Å²) >= 11 is 6.22. The van der Waals surface area contributed by atoms with Crippen molar-refractivity contribution < 1.29 is 27.5 Å². The Kier molecular flexibility index (Phi) is 6.08. The highest BCUT2D eigenvalue weighted by Crippen LogP contribution is 2.30. The number of carbonyl (C=O) groups is 2. The van der Waals surface area contributed by atoms with Crippen LogP contribution in [0.4, 0.5) is 14.6 Å². The number of amides is 2. The fourth-order valence-electron chi connectivity index (χ4n) is 3.52. The number of fused-ring (bicyclic) bond motifs is 1. The van der Waals surface area contributed by atoms with Gasteiger partial charge in [-0.15, -0.1) is 0 Å². The molecule has 2 aromatic rings. The van der Waals surface area contributed by atoms with Gasteiger partial charge in [-0.2, -0.15) is 0 Å². The average Bonchev–Trinajstić information content (AvgIpc) is 3.37. The summed E-state index contributed by atoms with van der Waals surface area (Å²) in [6, 6.07) is 1.59. The van der Waals surface area contributed by atoms with Crippen LogP contribution >= 0.6 is 11.6 Å². The molecule has 32 heavy (non-hydrogen) atoms. The minimum absolute atomic E-state index is 0.0901. The SMILES string of the molecule is CN1CC(CN2Cc3c(ccnc3NC(=O)c3cocn3)C2=O)=CC(Cl)=C1OCC(F)F. The summed E-state index contributed by atoms with van der Waals surface area (Å²) < 4.78 is 34.8. The third kappa shape index (κ3) is 4.42. The molecule has 2 aliphatic heterocycles. The predicted octanol–water partition coefficient (Wildman–Crippen LogP) is 2.84. The van der Waals surface area contributed by atoms with Gasteiger partial charge < -0.3 is 24.3 Å². The van der Waals surface area contributed by atoms with Crippen molar-refractivity contribution in [3.63, 3.8) is 0 Å². The maximum absolute atomic E-state index is 12.9. The number of oxazole rings is 1. The van der Waals surface area contributed by atoms with Gasteiger partial charge in [0.25, 0.3) is 18.2 Å². The van der Waals surface area contributed by atoms with E-state index in [2.05, 4.69) is 15.3 Å². The highest BCUT2D eigenvalue weighted by Gasteiger charge is 2.32. The molecular weight excluding hydrogens is 448 g/mol. The van der Waals surface area contributed by atoms with E-state index in [9.17, 15) is 18.4 Å². The number of hydrogen-bond donors (Lipinski definition) is 1. The second kappa shape index (κ2) is 8.95. The van der Waals surface area contributed by atoms with Crippen LogP contribution < -0.4 is 5.32 Å². The van der Waals surface area contributed by atoms with E-state index in [-0.39, 0.29) is 41.4 Å². The minimum atomic E-state index is -2.61. The first-order valence-electron chi connectivity index (χ1n) is 9.51. The monoisotopic (exact) mass is 465 g/mol. The molecule has 1 N–H and O–H groups in total. The molecule has 0 atom stereocenters. The number of nitrogens with zero attached hydrogens (tertiary/aromatic N) is 4. The first-order valence-corrected chi connectivity index (χ1v) is 9.89. The lowest BCUT2D eigenvalue weighted by Gasteiger charge is -2.29. The molecule has 2 aliphatic rings. The summed E-state index contributed by atoms with van der Waals surface area (Å²) in [5.41, 5.74) is 1.90. The van der Waals surface area contributed by atoms with Gasteiger partial charge in [0.05, 0.1) is 6.54 Å². The lowest BCUT2D eigenvalue weighted by molar-refractivity contribution is 0.0233. The number of allylic oxidation sites excluding steroid dienone is 2. The molecule has 0 saturated heterocycles. The maximum Gasteiger partial charge on any atom is 0.278 e. The van der Waals surface area contributed by atoms with Crippen LogP contribution in [0.15, 0.2) is 51.9 Å². The van der Waals surface area contributed by atoms with Crippen LogP contribution in [0, 0.1) is 0 Å². The molecule has 0 unspecified atom stereocenters. The number of ether oxygens (including phenoxy) is 1. The van der Waals surface area contributed by atoms with Crippen LogP contribution in [-0.2, 0) is 11.3 Å². The van der Waals surface area contributed by atoms with Crippen molar-refractivity contribution in [1.29, 1.82) is 0 Å². The van der Waals surface area contributed by atoms with Crippen molar-refractivity contribution in [3.8, 4) is 0 Å². The standard InChI is InChI=1S/C20H18ClF2N5O4/c1-27-5-11(4-14(21)20(27)32-9-16(22)23)6-28-7-13-12(19(28)30)2-3-24-17(13)26-18(29)15-8-31-10-25-15/h2-4,8,10,16H,5-7,9H2,1H3,(H,24,26,29). The Bertz CT molecular complexity index is 1100. The summed E-state index contributed by atoms with van der Waals surface area (Å²) in [7, 11) is 1.66. The topological polar surface area (TPSA) is 101 Å². The Hall–Kier alpha value is -3.47. The average molecular weight is 466 g/mol. The third-order valence-corrected chi connectivity index (χ3v) is 5.15. The number of carbonyl (C=O) groups excluding carboxylic acids is 2. The van der Waals surface area contributed by atoms with Crippen molar-refractivity contribution in [3.05, 3.63) is 64.3 Å². The van der Waals surface area contributed by atoms with Gasteiger partial charge >= 0.3 is 0 Å².